The number of carboxylic acids is 1. The SMILES string of the molecule is CCc1ccc2c(-c3ccnc(Cl)c3)c(CCCCC(=O)O)c(CC[SH](=O)=O)nn12. The maximum Gasteiger partial charge on any atom is 0.303 e. The number of unbranched alkanes of at least 4 members (excludes halogenated alkanes) is 1. The molecule has 0 aliphatic heterocycles. The lowest BCUT2D eigenvalue weighted by Gasteiger charge is -2.17. The van der Waals surface area contributed by atoms with Crippen molar-refractivity contribution in [2.45, 2.75) is 45.4 Å². The smallest absolute Gasteiger partial charge is 0.303 e. The number of carboxylic acid groups (broad SMARTS) is 1. The van der Waals surface area contributed by atoms with E-state index in [0.29, 0.717) is 36.5 Å². The number of hydrogen-bond donors (Lipinski definition) is 2. The molecule has 3 aromatic rings. The number of fused-ring (bicyclic) bond motifs is 1. The zero-order valence-corrected chi connectivity index (χ0v) is 18.3. The van der Waals surface area contributed by atoms with Gasteiger partial charge in [0.25, 0.3) is 0 Å². The van der Waals surface area contributed by atoms with E-state index in [4.69, 9.17) is 21.8 Å². The molecule has 0 spiro atoms. The number of pyridine rings is 1. The van der Waals surface area contributed by atoms with Gasteiger partial charge in [-0.3, -0.25) is 4.79 Å². The van der Waals surface area contributed by atoms with Crippen LogP contribution in [0, 0.1) is 0 Å². The van der Waals surface area contributed by atoms with Crippen LogP contribution in [0.2, 0.25) is 5.15 Å². The van der Waals surface area contributed by atoms with E-state index in [1.807, 2.05) is 29.6 Å². The summed E-state index contributed by atoms with van der Waals surface area (Å²) < 4.78 is 24.4. The molecule has 0 fully saturated rings. The van der Waals surface area contributed by atoms with Crippen molar-refractivity contribution in [2.75, 3.05) is 5.75 Å². The third kappa shape index (κ3) is 5.17. The Labute approximate surface area is 181 Å². The Morgan fingerprint density at radius 1 is 1.20 bits per heavy atom. The number of carbonyl (C=O) groups is 1. The van der Waals surface area contributed by atoms with Gasteiger partial charge >= 0.3 is 5.97 Å². The molecule has 0 unspecified atom stereocenters. The highest BCUT2D eigenvalue weighted by molar-refractivity contribution is 7.72. The van der Waals surface area contributed by atoms with Crippen LogP contribution in [0.25, 0.3) is 16.6 Å². The van der Waals surface area contributed by atoms with Gasteiger partial charge in [0.2, 0.25) is 0 Å². The van der Waals surface area contributed by atoms with Crippen LogP contribution in [0.3, 0.4) is 0 Å². The first-order valence-corrected chi connectivity index (χ1v) is 11.6. The van der Waals surface area contributed by atoms with Crippen LogP contribution < -0.4 is 0 Å². The summed E-state index contributed by atoms with van der Waals surface area (Å²) in [7, 11) is -2.53. The normalized spacial score (nSPS) is 11.4. The van der Waals surface area contributed by atoms with Gasteiger partial charge in [0.1, 0.15) is 15.9 Å². The molecule has 0 aliphatic carbocycles. The molecule has 0 bridgehead atoms. The Balaban J connectivity index is 2.18. The van der Waals surface area contributed by atoms with Crippen LogP contribution in [-0.4, -0.2) is 39.8 Å². The molecule has 160 valence electrons. The Morgan fingerprint density at radius 3 is 2.67 bits per heavy atom. The van der Waals surface area contributed by atoms with Gasteiger partial charge in [-0.15, -0.1) is 0 Å². The maximum absolute atomic E-state index is 11.3. The molecule has 0 amide bonds. The lowest BCUT2D eigenvalue weighted by molar-refractivity contribution is -0.137. The number of aliphatic carboxylic acids is 1. The van der Waals surface area contributed by atoms with Gasteiger partial charge in [-0.2, -0.15) is 5.10 Å². The van der Waals surface area contributed by atoms with Crippen LogP contribution in [-0.2, 0) is 34.8 Å². The van der Waals surface area contributed by atoms with Gasteiger partial charge in [0.15, 0.2) is 0 Å². The van der Waals surface area contributed by atoms with Gasteiger partial charge in [-0.05, 0) is 61.1 Å². The molecule has 0 aliphatic rings. The van der Waals surface area contributed by atoms with Crippen molar-refractivity contribution in [2.24, 2.45) is 0 Å². The highest BCUT2D eigenvalue weighted by Crippen LogP contribution is 2.33. The van der Waals surface area contributed by atoms with E-state index in [1.165, 1.54) is 0 Å². The van der Waals surface area contributed by atoms with E-state index < -0.39 is 16.7 Å². The van der Waals surface area contributed by atoms with Gasteiger partial charge in [-0.25, -0.2) is 17.9 Å². The maximum atomic E-state index is 11.3. The minimum Gasteiger partial charge on any atom is -0.481 e. The second-order valence-corrected chi connectivity index (χ2v) is 8.55. The van der Waals surface area contributed by atoms with Crippen molar-refractivity contribution in [3.8, 4) is 11.1 Å². The number of rotatable bonds is 10. The molecular formula is C21H24ClN3O4S. The molecule has 0 atom stereocenters. The number of thiol groups is 1. The number of hydrogen-bond acceptors (Lipinski definition) is 5. The summed E-state index contributed by atoms with van der Waals surface area (Å²) >= 11 is 6.16. The standard InChI is InChI=1S/C21H24ClN3O4S/c1-2-15-7-8-18-21(14-9-11-23-19(22)13-14)16(5-3-4-6-20(26)27)17(24-25(15)18)10-12-30(28)29/h7-9,11,13,30H,2-6,10,12H2,1H3,(H,26,27). The van der Waals surface area contributed by atoms with E-state index in [-0.39, 0.29) is 12.2 Å². The fraction of sp³-hybridized carbons (Fsp3) is 0.381. The van der Waals surface area contributed by atoms with Crippen molar-refractivity contribution >= 4 is 33.8 Å². The van der Waals surface area contributed by atoms with Crippen LogP contribution in [0.4, 0.5) is 0 Å². The van der Waals surface area contributed by atoms with E-state index in [0.717, 1.165) is 34.3 Å². The third-order valence-electron chi connectivity index (χ3n) is 5.04. The zero-order valence-electron chi connectivity index (χ0n) is 16.7. The summed E-state index contributed by atoms with van der Waals surface area (Å²) in [5.74, 6) is -0.817. The first kappa shape index (κ1) is 22.2. The second kappa shape index (κ2) is 10.0. The summed E-state index contributed by atoms with van der Waals surface area (Å²) in [5.41, 5.74) is 5.41. The Morgan fingerprint density at radius 2 is 2.00 bits per heavy atom. The van der Waals surface area contributed by atoms with Crippen molar-refractivity contribution in [1.29, 1.82) is 0 Å². The van der Waals surface area contributed by atoms with Crippen molar-refractivity contribution in [3.63, 3.8) is 0 Å². The quantitative estimate of drug-likeness (QED) is 0.279. The predicted octanol–water partition coefficient (Wildman–Crippen LogP) is 3.56. The zero-order chi connectivity index (χ0) is 21.7. The number of aryl methyl sites for hydroxylation is 2. The van der Waals surface area contributed by atoms with Gasteiger partial charge < -0.3 is 5.11 Å². The molecule has 0 aromatic carbocycles. The monoisotopic (exact) mass is 449 g/mol. The summed E-state index contributed by atoms with van der Waals surface area (Å²) in [6.45, 7) is 2.04. The topological polar surface area (TPSA) is 102 Å². The molecule has 0 saturated heterocycles. The predicted molar refractivity (Wildman–Crippen MR) is 117 cm³/mol. The first-order chi connectivity index (χ1) is 14.4. The van der Waals surface area contributed by atoms with Crippen LogP contribution in [0.1, 0.15) is 43.1 Å². The van der Waals surface area contributed by atoms with Gasteiger partial charge in [-0.1, -0.05) is 18.5 Å². The molecule has 3 aromatic heterocycles. The Kier molecular flexibility index (Phi) is 7.44. The third-order valence-corrected chi connectivity index (χ3v) is 5.83. The summed E-state index contributed by atoms with van der Waals surface area (Å²) in [6.07, 6.45) is 4.62. The largest absolute Gasteiger partial charge is 0.481 e. The van der Waals surface area contributed by atoms with Crippen molar-refractivity contribution in [3.05, 3.63) is 52.6 Å². The van der Waals surface area contributed by atoms with Crippen LogP contribution >= 0.6 is 11.6 Å². The van der Waals surface area contributed by atoms with E-state index >= 15 is 0 Å². The highest BCUT2D eigenvalue weighted by atomic mass is 35.5. The van der Waals surface area contributed by atoms with Crippen molar-refractivity contribution in [1.82, 2.24) is 14.6 Å². The highest BCUT2D eigenvalue weighted by Gasteiger charge is 2.19. The van der Waals surface area contributed by atoms with E-state index in [2.05, 4.69) is 4.98 Å². The molecule has 30 heavy (non-hydrogen) atoms. The summed E-state index contributed by atoms with van der Waals surface area (Å²) in [6, 6.07) is 7.68. The fourth-order valence-corrected chi connectivity index (χ4v) is 4.22. The Hall–Kier alpha value is -2.45. The minimum absolute atomic E-state index is 0.00916. The van der Waals surface area contributed by atoms with E-state index in [9.17, 15) is 13.2 Å². The molecule has 1 N–H and O–H groups in total. The van der Waals surface area contributed by atoms with Gasteiger partial charge in [0, 0.05) is 30.3 Å². The molecular weight excluding hydrogens is 426 g/mol. The number of aromatic nitrogens is 3. The van der Waals surface area contributed by atoms with Crippen LogP contribution in [0.5, 0.6) is 0 Å². The lowest BCUT2D eigenvalue weighted by atomic mass is 9.94. The average molecular weight is 450 g/mol. The summed E-state index contributed by atoms with van der Waals surface area (Å²) in [4.78, 5) is 15.0. The fourth-order valence-electron chi connectivity index (χ4n) is 3.65. The molecule has 3 heterocycles. The summed E-state index contributed by atoms with van der Waals surface area (Å²) in [5, 5.41) is 14.1. The van der Waals surface area contributed by atoms with E-state index in [1.54, 1.807) is 12.3 Å². The lowest BCUT2D eigenvalue weighted by Crippen LogP contribution is -2.11. The molecule has 0 saturated carbocycles. The number of nitrogens with zero attached hydrogens (tertiary/aromatic N) is 3. The van der Waals surface area contributed by atoms with Crippen LogP contribution in [0.15, 0.2) is 30.5 Å². The average Bonchev–Trinajstić information content (AvgIpc) is 3.11. The molecule has 3 rings (SSSR count). The molecule has 7 nitrogen and oxygen atoms in total. The molecule has 0 radical (unpaired) electrons. The van der Waals surface area contributed by atoms with Crippen molar-refractivity contribution < 1.29 is 18.3 Å². The first-order valence-electron chi connectivity index (χ1n) is 9.88. The minimum atomic E-state index is -2.53. The Bertz CT molecular complexity index is 1130. The second-order valence-electron chi connectivity index (χ2n) is 7.05. The molecule has 9 heteroatoms. The number of halogens is 1. The van der Waals surface area contributed by atoms with Gasteiger partial charge in [0.05, 0.1) is 17.0 Å².